The Hall–Kier alpha value is -8.97. The molecule has 0 amide bonds. The maximum Gasteiger partial charge on any atom is 0.179 e. The van der Waals surface area contributed by atoms with E-state index in [0.717, 1.165) is 20.1 Å². The van der Waals surface area contributed by atoms with Crippen molar-refractivity contribution in [2.45, 2.75) is 0 Å². The van der Waals surface area contributed by atoms with Gasteiger partial charge in [0, 0.05) is 38.2 Å². The molecule has 3 heterocycles. The lowest BCUT2D eigenvalue weighted by atomic mass is 10.1. The summed E-state index contributed by atoms with van der Waals surface area (Å²) in [5, 5.41) is 1.31. The van der Waals surface area contributed by atoms with Crippen LogP contribution in [-0.4, -0.2) is 32.2 Å². The number of nitrogens with zero attached hydrogens (tertiary/aromatic N) is 5. The van der Waals surface area contributed by atoms with Crippen LogP contribution in [0, 0.1) is 0 Å². The van der Waals surface area contributed by atoms with Gasteiger partial charge in [-0.25, -0.2) is 15.0 Å². The van der Waals surface area contributed by atoms with Gasteiger partial charge in [0.15, 0.2) is 25.5 Å². The highest BCUT2D eigenvalue weighted by atomic mass is 28.3. The predicted octanol–water partition coefficient (Wildman–Crippen LogP) is 12.4. The van der Waals surface area contributed by atoms with Gasteiger partial charge in [0.05, 0.1) is 67.7 Å². The molecule has 5 nitrogen and oxygen atoms in total. The molecule has 0 N–H and O–H groups in total. The molecule has 3 aromatic heterocycles. The fourth-order valence-corrected chi connectivity index (χ4v) is 14.0. The standard InChI is InChI=1S/C63H43N5Si/c1-5-23-44(24-6-1)61-64-62(53-35-17-22-40-59(53)67-55-36-18-13-31-49(55)50-32-14-19-37-56(50)67)66-63(65-61)54-43-48(41-42-60(54)68-57-38-20-15-33-51(57)52-34-16-21-39-58(52)68)69(45-25-7-2-8-26-45,46-27-9-3-10-28-46)47-29-11-4-12-30-47/h1-43H/i1D,5D,6D,13D,14D,15D,16D,17D,18D,19D,20D,21D,22D,23D,24D,31D,32D,33D,34D,35D,36D,37D,38D,39D,40D. The Kier molecular flexibility index (Phi) is 5.38. The van der Waals surface area contributed by atoms with Crippen molar-refractivity contribution in [2.24, 2.45) is 0 Å². The molecule has 6 heteroatoms. The molecule has 10 aromatic carbocycles. The quantitative estimate of drug-likeness (QED) is 0.107. The van der Waals surface area contributed by atoms with Crippen LogP contribution in [0.1, 0.15) is 34.3 Å². The van der Waals surface area contributed by atoms with Gasteiger partial charge >= 0.3 is 0 Å². The van der Waals surface area contributed by atoms with E-state index in [1.807, 2.05) is 91.0 Å². The van der Waals surface area contributed by atoms with Gasteiger partial charge in [0.25, 0.3) is 0 Å². The van der Waals surface area contributed by atoms with Gasteiger partial charge in [-0.1, -0.05) is 212 Å². The molecule has 13 rings (SSSR count). The average molecular weight is 923 g/mol. The van der Waals surface area contributed by atoms with Crippen LogP contribution in [0.5, 0.6) is 0 Å². The topological polar surface area (TPSA) is 48.5 Å². The van der Waals surface area contributed by atoms with E-state index in [-0.39, 0.29) is 33.1 Å². The zero-order valence-electron chi connectivity index (χ0n) is 60.6. The maximum absolute atomic E-state index is 9.90. The zero-order chi connectivity index (χ0) is 67.5. The SMILES string of the molecule is [2H]c1c([2H])c([2H])c(-c2nc(-c3cc([Si](c4ccccc4)(c4ccccc4)c4ccccc4)ccc3-n3c4c([2H])c([2H])c([2H])c([2H])c4c4c([2H])c([2H])c([2H])c([2H])c43)nc(-c3c([2H])c([2H])c([2H])c([2H])c3-n3c4c([2H])c([2H])c([2H])c([2H])c4c4c([2H])c([2H])c([2H])c([2H])c43)n2)c([2H])c1[2H]. The van der Waals surface area contributed by atoms with Gasteiger partial charge in [-0.2, -0.15) is 0 Å². The Balaban J connectivity index is 1.30. The predicted molar refractivity (Wildman–Crippen MR) is 288 cm³/mol. The fourth-order valence-electron chi connectivity index (χ4n) is 9.23. The minimum absolute atomic E-state index is 0.176. The Morgan fingerprint density at radius 2 is 0.710 bits per heavy atom. The van der Waals surface area contributed by atoms with Gasteiger partial charge < -0.3 is 9.13 Å². The van der Waals surface area contributed by atoms with Gasteiger partial charge in [-0.3, -0.25) is 0 Å². The van der Waals surface area contributed by atoms with Crippen LogP contribution < -0.4 is 20.7 Å². The molecule has 0 spiro atoms. The minimum Gasteiger partial charge on any atom is -0.309 e. The normalized spacial score (nSPS) is 16.8. The summed E-state index contributed by atoms with van der Waals surface area (Å²) < 4.78 is 232. The number of hydrogen-bond donors (Lipinski definition) is 0. The molecule has 0 saturated heterocycles. The van der Waals surface area contributed by atoms with Gasteiger partial charge in [-0.15, -0.1) is 0 Å². The molecular weight excluding hydrogens is 855 g/mol. The summed E-state index contributed by atoms with van der Waals surface area (Å²) in [6, 6.07) is 12.4. The van der Waals surface area contributed by atoms with Crippen LogP contribution in [0.2, 0.25) is 0 Å². The third-order valence-electron chi connectivity index (χ3n) is 12.1. The molecule has 0 fully saturated rings. The number of para-hydroxylation sites is 5. The third kappa shape index (κ3) is 6.56. The second kappa shape index (κ2) is 16.7. The van der Waals surface area contributed by atoms with Crippen LogP contribution in [0.25, 0.3) is 89.2 Å². The van der Waals surface area contributed by atoms with E-state index in [1.54, 1.807) is 12.1 Å². The number of rotatable bonds is 9. The molecule has 0 aliphatic rings. The van der Waals surface area contributed by atoms with E-state index < -0.39 is 215 Å². The molecule has 324 valence electrons. The van der Waals surface area contributed by atoms with Crippen molar-refractivity contribution in [3.8, 4) is 45.5 Å². The Bertz CT molecular complexity index is 5230. The number of hydrogen-bond acceptors (Lipinski definition) is 3. The number of fused-ring (bicyclic) bond motifs is 6. The second-order valence-corrected chi connectivity index (χ2v) is 19.5. The second-order valence-electron chi connectivity index (χ2n) is 15.7. The zero-order valence-corrected chi connectivity index (χ0v) is 36.6. The molecule has 69 heavy (non-hydrogen) atoms. The summed E-state index contributed by atoms with van der Waals surface area (Å²) in [5.41, 5.74) is -4.49. The van der Waals surface area contributed by atoms with Crippen LogP contribution in [0.3, 0.4) is 0 Å². The van der Waals surface area contributed by atoms with E-state index in [0.29, 0.717) is 5.19 Å². The lowest BCUT2D eigenvalue weighted by molar-refractivity contribution is 1.06. The Morgan fingerprint density at radius 1 is 0.319 bits per heavy atom. The summed E-state index contributed by atoms with van der Waals surface area (Å²) in [7, 11) is -3.79. The van der Waals surface area contributed by atoms with E-state index in [4.69, 9.17) is 30.0 Å². The monoisotopic (exact) mass is 922 g/mol. The van der Waals surface area contributed by atoms with Gasteiger partial charge in [-0.05, 0) is 69.1 Å². The van der Waals surface area contributed by atoms with Crippen LogP contribution in [0.15, 0.2) is 260 Å². The van der Waals surface area contributed by atoms with Crippen LogP contribution in [0.4, 0.5) is 0 Å². The van der Waals surface area contributed by atoms with Gasteiger partial charge in [0.1, 0.15) is 0 Å². The van der Waals surface area contributed by atoms with Crippen molar-refractivity contribution < 1.29 is 34.3 Å². The van der Waals surface area contributed by atoms with E-state index in [9.17, 15) is 19.2 Å². The summed E-state index contributed by atoms with van der Waals surface area (Å²) in [6.45, 7) is 0. The number of benzene rings is 10. The third-order valence-corrected chi connectivity index (χ3v) is 16.8. The molecule has 0 unspecified atom stereocenters. The molecule has 13 aromatic rings. The Labute approximate surface area is 436 Å². The fraction of sp³-hybridized carbons (Fsp3) is 0. The minimum atomic E-state index is -3.79. The van der Waals surface area contributed by atoms with Crippen LogP contribution in [-0.2, 0) is 0 Å². The highest BCUT2D eigenvalue weighted by Crippen LogP contribution is 2.39. The summed E-state index contributed by atoms with van der Waals surface area (Å²) in [5.74, 6) is -2.16. The van der Waals surface area contributed by atoms with E-state index >= 15 is 0 Å². The van der Waals surface area contributed by atoms with E-state index in [2.05, 4.69) is 0 Å². The summed E-state index contributed by atoms with van der Waals surface area (Å²) >= 11 is 0. The molecule has 0 bridgehead atoms. The smallest absolute Gasteiger partial charge is 0.179 e. The largest absolute Gasteiger partial charge is 0.309 e. The molecule has 0 aliphatic heterocycles. The Morgan fingerprint density at radius 3 is 1.20 bits per heavy atom. The van der Waals surface area contributed by atoms with Gasteiger partial charge in [0.2, 0.25) is 0 Å². The molecule has 0 radical (unpaired) electrons. The highest BCUT2D eigenvalue weighted by Gasteiger charge is 2.42. The molecule has 0 atom stereocenters. The lowest BCUT2D eigenvalue weighted by Gasteiger charge is -2.35. The summed E-state index contributed by atoms with van der Waals surface area (Å²) in [4.78, 5) is 14.7. The van der Waals surface area contributed by atoms with Crippen molar-refractivity contribution in [3.63, 3.8) is 0 Å². The van der Waals surface area contributed by atoms with Crippen molar-refractivity contribution in [3.05, 3.63) is 260 Å². The first-order chi connectivity index (χ1) is 44.6. The summed E-state index contributed by atoms with van der Waals surface area (Å²) in [6.07, 6.45) is 0. The van der Waals surface area contributed by atoms with E-state index in [1.165, 1.54) is 10.6 Å². The molecular formula is C63H43N5Si. The van der Waals surface area contributed by atoms with Crippen molar-refractivity contribution in [1.29, 1.82) is 0 Å². The first-order valence-electron chi connectivity index (χ1n) is 33.9. The molecule has 0 saturated carbocycles. The average Bonchev–Trinajstić information content (AvgIpc) is 1.51. The molecule has 0 aliphatic carbocycles. The first-order valence-corrected chi connectivity index (χ1v) is 23.4. The van der Waals surface area contributed by atoms with Crippen molar-refractivity contribution in [2.75, 3.05) is 0 Å². The van der Waals surface area contributed by atoms with Crippen molar-refractivity contribution in [1.82, 2.24) is 24.1 Å². The maximum atomic E-state index is 9.90. The highest BCUT2D eigenvalue weighted by molar-refractivity contribution is 7.19. The van der Waals surface area contributed by atoms with Crippen molar-refractivity contribution >= 4 is 72.4 Å². The first kappa shape index (κ1) is 22.2. The number of aromatic nitrogens is 5. The lowest BCUT2D eigenvalue weighted by Crippen LogP contribution is -2.74. The van der Waals surface area contributed by atoms with Crippen LogP contribution >= 0.6 is 0 Å².